The maximum Gasteiger partial charge on any atom is 0.534 e. The predicted molar refractivity (Wildman–Crippen MR) is 125 cm³/mol. The van der Waals surface area contributed by atoms with Gasteiger partial charge in [-0.15, -0.1) is 0 Å². The van der Waals surface area contributed by atoms with Crippen molar-refractivity contribution < 1.29 is 25.8 Å². The second-order valence-electron chi connectivity index (χ2n) is 7.92. The van der Waals surface area contributed by atoms with E-state index >= 15 is 0 Å². The van der Waals surface area contributed by atoms with Crippen molar-refractivity contribution in [2.24, 2.45) is 0 Å². The summed E-state index contributed by atoms with van der Waals surface area (Å²) in [7, 11) is -5.79. The summed E-state index contributed by atoms with van der Waals surface area (Å²) < 4.78 is 68.0. The van der Waals surface area contributed by atoms with E-state index in [9.17, 15) is 21.6 Å². The van der Waals surface area contributed by atoms with Crippen molar-refractivity contribution in [3.8, 4) is 17.0 Å². The van der Waals surface area contributed by atoms with Gasteiger partial charge in [-0.25, -0.2) is 4.98 Å². The summed E-state index contributed by atoms with van der Waals surface area (Å²) in [5.41, 5.74) is -1.15. The van der Waals surface area contributed by atoms with E-state index in [1.807, 2.05) is 46.9 Å². The van der Waals surface area contributed by atoms with Gasteiger partial charge < -0.3 is 4.18 Å². The molecule has 5 aromatic rings. The first-order chi connectivity index (χ1) is 16.2. The SMILES string of the molecule is CCCc1ccccc1-c1cnc2c3cc(OS(=O)(=O)C(F)(F)F)ccc3c3ccccc3n12. The van der Waals surface area contributed by atoms with E-state index in [0.29, 0.717) is 11.0 Å². The fourth-order valence-electron chi connectivity index (χ4n) is 4.30. The first-order valence-electron chi connectivity index (χ1n) is 10.6. The molecule has 2 aromatic heterocycles. The molecule has 0 aliphatic carbocycles. The van der Waals surface area contributed by atoms with Gasteiger partial charge in [0.2, 0.25) is 0 Å². The first-order valence-corrected chi connectivity index (χ1v) is 12.0. The second-order valence-corrected chi connectivity index (χ2v) is 9.46. The van der Waals surface area contributed by atoms with Gasteiger partial charge in [0.05, 0.1) is 17.4 Å². The number of pyridine rings is 1. The molecule has 0 radical (unpaired) electrons. The van der Waals surface area contributed by atoms with Crippen molar-refractivity contribution in [1.82, 2.24) is 9.38 Å². The van der Waals surface area contributed by atoms with Gasteiger partial charge in [-0.1, -0.05) is 55.8 Å². The third kappa shape index (κ3) is 3.56. The number of aryl methyl sites for hydroxylation is 1. The van der Waals surface area contributed by atoms with Crippen LogP contribution in [0.2, 0.25) is 0 Å². The molecule has 174 valence electrons. The van der Waals surface area contributed by atoms with Crippen molar-refractivity contribution in [3.63, 3.8) is 0 Å². The summed E-state index contributed by atoms with van der Waals surface area (Å²) in [4.78, 5) is 4.60. The maximum atomic E-state index is 12.9. The zero-order valence-electron chi connectivity index (χ0n) is 18.0. The lowest BCUT2D eigenvalue weighted by molar-refractivity contribution is -0.0500. The van der Waals surface area contributed by atoms with E-state index in [1.54, 1.807) is 12.3 Å². The molecular formula is C25H19F3N2O3S. The van der Waals surface area contributed by atoms with E-state index < -0.39 is 21.4 Å². The minimum absolute atomic E-state index is 0.432. The van der Waals surface area contributed by atoms with Crippen molar-refractivity contribution in [2.75, 3.05) is 0 Å². The summed E-state index contributed by atoms with van der Waals surface area (Å²) in [6.07, 6.45) is 3.57. The molecule has 34 heavy (non-hydrogen) atoms. The summed E-state index contributed by atoms with van der Waals surface area (Å²) in [6, 6.07) is 19.7. The Labute approximate surface area is 193 Å². The molecule has 0 amide bonds. The number of para-hydroxylation sites is 1. The molecule has 5 nitrogen and oxygen atoms in total. The van der Waals surface area contributed by atoms with Crippen molar-refractivity contribution in [1.29, 1.82) is 0 Å². The number of hydrogen-bond donors (Lipinski definition) is 0. The third-order valence-electron chi connectivity index (χ3n) is 5.73. The molecule has 0 saturated carbocycles. The van der Waals surface area contributed by atoms with E-state index in [2.05, 4.69) is 22.2 Å². The highest BCUT2D eigenvalue weighted by Crippen LogP contribution is 2.36. The lowest BCUT2D eigenvalue weighted by atomic mass is 10.0. The van der Waals surface area contributed by atoms with E-state index in [4.69, 9.17) is 0 Å². The lowest BCUT2D eigenvalue weighted by Crippen LogP contribution is -2.28. The van der Waals surface area contributed by atoms with E-state index in [0.717, 1.165) is 46.0 Å². The number of imidazole rings is 1. The molecule has 0 aliphatic rings. The molecule has 0 saturated heterocycles. The van der Waals surface area contributed by atoms with E-state index in [1.165, 1.54) is 12.1 Å². The molecule has 0 bridgehead atoms. The Morgan fingerprint density at radius 3 is 2.44 bits per heavy atom. The van der Waals surface area contributed by atoms with Crippen LogP contribution in [-0.4, -0.2) is 23.3 Å². The van der Waals surface area contributed by atoms with Gasteiger partial charge in [-0.3, -0.25) is 4.40 Å². The second kappa shape index (κ2) is 8.02. The van der Waals surface area contributed by atoms with Gasteiger partial charge in [-0.05, 0) is 41.6 Å². The van der Waals surface area contributed by atoms with Crippen molar-refractivity contribution in [3.05, 3.63) is 78.5 Å². The molecular weight excluding hydrogens is 465 g/mol. The molecule has 9 heteroatoms. The van der Waals surface area contributed by atoms with Crippen LogP contribution < -0.4 is 4.18 Å². The number of hydrogen-bond acceptors (Lipinski definition) is 4. The smallest absolute Gasteiger partial charge is 0.376 e. The number of rotatable bonds is 5. The van der Waals surface area contributed by atoms with E-state index in [-0.39, 0.29) is 0 Å². The summed E-state index contributed by atoms with van der Waals surface area (Å²) in [5, 5.41) is 2.05. The van der Waals surface area contributed by atoms with Crippen LogP contribution in [0, 0.1) is 0 Å². The van der Waals surface area contributed by atoms with Crippen molar-refractivity contribution >= 4 is 37.4 Å². The van der Waals surface area contributed by atoms with Crippen molar-refractivity contribution in [2.45, 2.75) is 25.3 Å². The number of halogens is 3. The zero-order chi connectivity index (χ0) is 24.1. The Kier molecular flexibility index (Phi) is 5.24. The normalized spacial score (nSPS) is 12.6. The summed E-state index contributed by atoms with van der Waals surface area (Å²) in [5.74, 6) is -0.432. The fourth-order valence-corrected chi connectivity index (χ4v) is 4.75. The minimum Gasteiger partial charge on any atom is -0.376 e. The van der Waals surface area contributed by atoms with Crippen LogP contribution in [0.5, 0.6) is 5.75 Å². The van der Waals surface area contributed by atoms with Crippen LogP contribution in [0.1, 0.15) is 18.9 Å². The molecule has 5 rings (SSSR count). The number of aromatic nitrogens is 2. The zero-order valence-corrected chi connectivity index (χ0v) is 18.8. The molecule has 0 fully saturated rings. The molecule has 2 heterocycles. The number of fused-ring (bicyclic) bond motifs is 6. The van der Waals surface area contributed by atoms with Gasteiger partial charge >= 0.3 is 15.6 Å². The topological polar surface area (TPSA) is 60.7 Å². The highest BCUT2D eigenvalue weighted by Gasteiger charge is 2.48. The van der Waals surface area contributed by atoms with Crippen LogP contribution in [-0.2, 0) is 16.5 Å². The third-order valence-corrected chi connectivity index (χ3v) is 6.71. The van der Waals surface area contributed by atoms with Gasteiger partial charge in [0.25, 0.3) is 0 Å². The van der Waals surface area contributed by atoms with Gasteiger partial charge in [-0.2, -0.15) is 21.6 Å². The molecule has 0 aliphatic heterocycles. The lowest BCUT2D eigenvalue weighted by Gasteiger charge is -2.14. The average molecular weight is 484 g/mol. The summed E-state index contributed by atoms with van der Waals surface area (Å²) >= 11 is 0. The largest absolute Gasteiger partial charge is 0.534 e. The highest BCUT2D eigenvalue weighted by atomic mass is 32.2. The number of alkyl halides is 3. The van der Waals surface area contributed by atoms with Crippen LogP contribution in [0.15, 0.2) is 72.9 Å². The Morgan fingerprint density at radius 2 is 1.68 bits per heavy atom. The fraction of sp³-hybridized carbons (Fsp3) is 0.160. The molecule has 0 atom stereocenters. The quantitative estimate of drug-likeness (QED) is 0.163. The van der Waals surface area contributed by atoms with Crippen LogP contribution in [0.25, 0.3) is 38.6 Å². The molecule has 0 unspecified atom stereocenters. The Morgan fingerprint density at radius 1 is 0.941 bits per heavy atom. The number of nitrogens with zero attached hydrogens (tertiary/aromatic N) is 2. The monoisotopic (exact) mass is 484 g/mol. The van der Waals surface area contributed by atoms with Crippen LogP contribution >= 0.6 is 0 Å². The first kappa shape index (κ1) is 22.2. The summed E-state index contributed by atoms with van der Waals surface area (Å²) in [6.45, 7) is 2.10. The van der Waals surface area contributed by atoms with Gasteiger partial charge in [0.15, 0.2) is 0 Å². The Balaban J connectivity index is 1.81. The number of benzene rings is 3. The van der Waals surface area contributed by atoms with Gasteiger partial charge in [0, 0.05) is 16.3 Å². The van der Waals surface area contributed by atoms with Crippen LogP contribution in [0.3, 0.4) is 0 Å². The maximum absolute atomic E-state index is 12.9. The average Bonchev–Trinajstić information content (AvgIpc) is 3.24. The molecule has 0 N–H and O–H groups in total. The Hall–Kier alpha value is -3.59. The molecule has 0 spiro atoms. The Bertz CT molecular complexity index is 1660. The predicted octanol–water partition coefficient (Wildman–Crippen LogP) is 6.49. The highest BCUT2D eigenvalue weighted by molar-refractivity contribution is 7.88. The van der Waals surface area contributed by atoms with Gasteiger partial charge in [0.1, 0.15) is 11.4 Å². The molecule has 3 aromatic carbocycles. The van der Waals surface area contributed by atoms with Crippen LogP contribution in [0.4, 0.5) is 13.2 Å². The standard InChI is InChI=1S/C25H19F3N2O3S/c1-2-7-16-8-3-4-9-18(16)23-15-29-24-21-14-17(33-34(31,32)25(26,27)28)12-13-19(21)20-10-5-6-11-22(20)30(23)24/h3-6,8-15H,2,7H2,1H3. The minimum atomic E-state index is -5.79.